The number of ether oxygens (including phenoxy) is 2. The number of methoxy groups -OCH3 is 1. The standard InChI is InChI=1S/C25H27N5O2/c1-19(13-14-20-9-5-3-6-10-20)26-18-21-15-16-23(24(17-21)31-2)32-25-27-28-29-30(25)22-11-7-4-8-12-22/h3-12,15-17,19,26H,13-14,18H2,1-2H3. The van der Waals surface area contributed by atoms with Gasteiger partial charge in [-0.3, -0.25) is 0 Å². The molecule has 0 radical (unpaired) electrons. The zero-order valence-corrected chi connectivity index (χ0v) is 18.3. The summed E-state index contributed by atoms with van der Waals surface area (Å²) in [4.78, 5) is 0. The fourth-order valence-electron chi connectivity index (χ4n) is 3.40. The molecule has 164 valence electrons. The van der Waals surface area contributed by atoms with E-state index in [2.05, 4.69) is 52.0 Å². The number of benzene rings is 3. The lowest BCUT2D eigenvalue weighted by molar-refractivity contribution is 0.362. The molecule has 1 heterocycles. The molecule has 1 N–H and O–H groups in total. The van der Waals surface area contributed by atoms with E-state index < -0.39 is 0 Å². The molecular weight excluding hydrogens is 402 g/mol. The lowest BCUT2D eigenvalue weighted by Gasteiger charge is -2.15. The lowest BCUT2D eigenvalue weighted by atomic mass is 10.1. The van der Waals surface area contributed by atoms with Crippen molar-refractivity contribution in [2.24, 2.45) is 0 Å². The summed E-state index contributed by atoms with van der Waals surface area (Å²) in [5.41, 5.74) is 3.29. The summed E-state index contributed by atoms with van der Waals surface area (Å²) in [6.45, 7) is 2.95. The molecule has 32 heavy (non-hydrogen) atoms. The molecule has 0 aliphatic carbocycles. The summed E-state index contributed by atoms with van der Waals surface area (Å²) >= 11 is 0. The Balaban J connectivity index is 1.38. The second-order valence-corrected chi connectivity index (χ2v) is 7.60. The predicted octanol–water partition coefficient (Wildman–Crippen LogP) is 4.57. The average Bonchev–Trinajstić information content (AvgIpc) is 3.31. The van der Waals surface area contributed by atoms with E-state index in [1.54, 1.807) is 11.8 Å². The van der Waals surface area contributed by atoms with Gasteiger partial charge in [-0.25, -0.2) is 0 Å². The second-order valence-electron chi connectivity index (χ2n) is 7.60. The molecule has 0 amide bonds. The van der Waals surface area contributed by atoms with E-state index >= 15 is 0 Å². The van der Waals surface area contributed by atoms with Gasteiger partial charge in [0.1, 0.15) is 0 Å². The first-order valence-electron chi connectivity index (χ1n) is 10.7. The van der Waals surface area contributed by atoms with E-state index in [1.165, 1.54) is 5.56 Å². The summed E-state index contributed by atoms with van der Waals surface area (Å²) in [5, 5.41) is 15.4. The highest BCUT2D eigenvalue weighted by molar-refractivity contribution is 5.44. The molecule has 0 aliphatic heterocycles. The third-order valence-electron chi connectivity index (χ3n) is 5.23. The maximum absolute atomic E-state index is 5.98. The Hall–Kier alpha value is -3.71. The smallest absolute Gasteiger partial charge is 0.346 e. The van der Waals surface area contributed by atoms with E-state index in [9.17, 15) is 0 Å². The summed E-state index contributed by atoms with van der Waals surface area (Å²) in [6.07, 6.45) is 2.13. The van der Waals surface area contributed by atoms with E-state index in [4.69, 9.17) is 9.47 Å². The van der Waals surface area contributed by atoms with Crippen molar-refractivity contribution in [3.8, 4) is 23.2 Å². The molecule has 7 heteroatoms. The van der Waals surface area contributed by atoms with Crippen LogP contribution in [0.2, 0.25) is 0 Å². The van der Waals surface area contributed by atoms with Crippen LogP contribution in [-0.2, 0) is 13.0 Å². The molecule has 1 unspecified atom stereocenters. The second kappa shape index (κ2) is 10.5. The van der Waals surface area contributed by atoms with E-state index in [0.29, 0.717) is 17.5 Å². The number of nitrogens with one attached hydrogen (secondary N) is 1. The number of tetrazole rings is 1. The third-order valence-corrected chi connectivity index (χ3v) is 5.23. The van der Waals surface area contributed by atoms with Crippen molar-refractivity contribution in [3.63, 3.8) is 0 Å². The Bertz CT molecular complexity index is 1120. The van der Waals surface area contributed by atoms with Crippen LogP contribution < -0.4 is 14.8 Å². The molecule has 1 aromatic heterocycles. The van der Waals surface area contributed by atoms with E-state index in [-0.39, 0.29) is 6.01 Å². The molecule has 4 aromatic rings. The zero-order valence-electron chi connectivity index (χ0n) is 18.3. The molecule has 3 aromatic carbocycles. The van der Waals surface area contributed by atoms with Crippen LogP contribution >= 0.6 is 0 Å². The molecule has 0 saturated carbocycles. The predicted molar refractivity (Wildman–Crippen MR) is 123 cm³/mol. The maximum Gasteiger partial charge on any atom is 0.346 e. The summed E-state index contributed by atoms with van der Waals surface area (Å²) < 4.78 is 13.1. The first-order chi connectivity index (χ1) is 15.7. The van der Waals surface area contributed by atoms with Crippen molar-refractivity contribution < 1.29 is 9.47 Å². The van der Waals surface area contributed by atoms with Crippen molar-refractivity contribution >= 4 is 0 Å². The molecule has 0 spiro atoms. The van der Waals surface area contributed by atoms with Crippen LogP contribution in [0.4, 0.5) is 0 Å². The minimum Gasteiger partial charge on any atom is -0.493 e. The zero-order chi connectivity index (χ0) is 22.2. The monoisotopic (exact) mass is 429 g/mol. The minimum absolute atomic E-state index is 0.273. The van der Waals surface area contributed by atoms with Crippen LogP contribution in [0.5, 0.6) is 17.5 Å². The number of hydrogen-bond donors (Lipinski definition) is 1. The molecule has 7 nitrogen and oxygen atoms in total. The molecule has 0 bridgehead atoms. The van der Waals surface area contributed by atoms with Gasteiger partial charge in [-0.05, 0) is 65.6 Å². The van der Waals surface area contributed by atoms with Crippen molar-refractivity contribution in [3.05, 3.63) is 90.0 Å². The number of para-hydroxylation sites is 1. The number of nitrogens with zero attached hydrogens (tertiary/aromatic N) is 4. The van der Waals surface area contributed by atoms with Gasteiger partial charge in [0.05, 0.1) is 12.8 Å². The van der Waals surface area contributed by atoms with Crippen LogP contribution in [0.15, 0.2) is 78.9 Å². The van der Waals surface area contributed by atoms with Gasteiger partial charge in [0, 0.05) is 12.6 Å². The highest BCUT2D eigenvalue weighted by atomic mass is 16.5. The van der Waals surface area contributed by atoms with Gasteiger partial charge in [0.2, 0.25) is 0 Å². The van der Waals surface area contributed by atoms with Crippen molar-refractivity contribution in [2.75, 3.05) is 7.11 Å². The van der Waals surface area contributed by atoms with Crippen LogP contribution in [0.25, 0.3) is 5.69 Å². The van der Waals surface area contributed by atoms with Gasteiger partial charge < -0.3 is 14.8 Å². The van der Waals surface area contributed by atoms with Gasteiger partial charge in [-0.2, -0.15) is 4.68 Å². The van der Waals surface area contributed by atoms with Crippen LogP contribution in [0.1, 0.15) is 24.5 Å². The summed E-state index contributed by atoms with van der Waals surface area (Å²) in [6, 6.07) is 26.7. The van der Waals surface area contributed by atoms with Gasteiger partial charge >= 0.3 is 6.01 Å². The fraction of sp³-hybridized carbons (Fsp3) is 0.240. The quantitative estimate of drug-likeness (QED) is 0.398. The topological polar surface area (TPSA) is 74.1 Å². The molecule has 0 fully saturated rings. The number of aryl methyl sites for hydroxylation is 1. The van der Waals surface area contributed by atoms with Crippen LogP contribution in [-0.4, -0.2) is 33.4 Å². The van der Waals surface area contributed by atoms with Gasteiger partial charge in [0.15, 0.2) is 11.5 Å². The van der Waals surface area contributed by atoms with Crippen molar-refractivity contribution in [1.82, 2.24) is 25.5 Å². The van der Waals surface area contributed by atoms with Gasteiger partial charge in [-0.1, -0.05) is 59.7 Å². The molecule has 4 rings (SSSR count). The van der Waals surface area contributed by atoms with E-state index in [0.717, 1.165) is 30.6 Å². The largest absolute Gasteiger partial charge is 0.493 e. The Kier molecular flexibility index (Phi) is 7.09. The Morgan fingerprint density at radius 3 is 2.41 bits per heavy atom. The van der Waals surface area contributed by atoms with Gasteiger partial charge in [-0.15, -0.1) is 0 Å². The molecule has 1 atom stereocenters. The van der Waals surface area contributed by atoms with Crippen LogP contribution in [0, 0.1) is 0 Å². The summed E-state index contributed by atoms with van der Waals surface area (Å²) in [7, 11) is 1.63. The highest BCUT2D eigenvalue weighted by Crippen LogP contribution is 2.32. The SMILES string of the molecule is COc1cc(CNC(C)CCc2ccccc2)ccc1Oc1nnnn1-c1ccccc1. The summed E-state index contributed by atoms with van der Waals surface area (Å²) in [5.74, 6) is 1.18. The highest BCUT2D eigenvalue weighted by Gasteiger charge is 2.14. The maximum atomic E-state index is 5.98. The third kappa shape index (κ3) is 5.50. The number of rotatable bonds is 10. The number of aromatic nitrogens is 4. The average molecular weight is 430 g/mol. The first-order valence-corrected chi connectivity index (χ1v) is 10.7. The van der Waals surface area contributed by atoms with Crippen molar-refractivity contribution in [2.45, 2.75) is 32.4 Å². The first kappa shape index (κ1) is 21.5. The normalized spacial score (nSPS) is 11.8. The lowest BCUT2D eigenvalue weighted by Crippen LogP contribution is -2.26. The van der Waals surface area contributed by atoms with Crippen LogP contribution in [0.3, 0.4) is 0 Å². The Morgan fingerprint density at radius 2 is 1.66 bits per heavy atom. The number of hydrogen-bond acceptors (Lipinski definition) is 6. The van der Waals surface area contributed by atoms with Gasteiger partial charge in [0.25, 0.3) is 0 Å². The molecule has 0 aliphatic rings. The van der Waals surface area contributed by atoms with Crippen molar-refractivity contribution in [1.29, 1.82) is 0 Å². The fourth-order valence-corrected chi connectivity index (χ4v) is 3.40. The minimum atomic E-state index is 0.273. The van der Waals surface area contributed by atoms with E-state index in [1.807, 2.05) is 54.6 Å². The molecular formula is C25H27N5O2. The Labute approximate surface area is 188 Å². The molecule has 0 saturated heterocycles. The Morgan fingerprint density at radius 1 is 0.906 bits per heavy atom.